The topological polar surface area (TPSA) is 58.9 Å². The second kappa shape index (κ2) is 8.36. The summed E-state index contributed by atoms with van der Waals surface area (Å²) in [7, 11) is 1.38. The van der Waals surface area contributed by atoms with Crippen LogP contribution in [0.4, 0.5) is 0 Å². The highest BCUT2D eigenvalue weighted by molar-refractivity contribution is 5.33. The van der Waals surface area contributed by atoms with E-state index < -0.39 is 0 Å². The Morgan fingerprint density at radius 2 is 1.57 bits per heavy atom. The van der Waals surface area contributed by atoms with Gasteiger partial charge in [0.1, 0.15) is 0 Å². The SMILES string of the molecule is CC1CCC(N=C=O)CC1.CN=C=O. The number of nitrogens with zero attached hydrogens (tertiary/aromatic N) is 2. The number of hydrogen-bond donors (Lipinski definition) is 0. The maximum absolute atomic E-state index is 9.86. The molecular weight excluding hydrogens is 180 g/mol. The minimum Gasteiger partial charge on any atom is -0.211 e. The van der Waals surface area contributed by atoms with Gasteiger partial charge in [0.2, 0.25) is 12.2 Å². The van der Waals surface area contributed by atoms with E-state index in [0.29, 0.717) is 0 Å². The lowest BCUT2D eigenvalue weighted by Gasteiger charge is -2.21. The second-order valence-corrected chi connectivity index (χ2v) is 3.45. The molecule has 0 amide bonds. The summed E-state index contributed by atoms with van der Waals surface area (Å²) in [5, 5.41) is 0. The molecule has 1 saturated carbocycles. The first-order valence-corrected chi connectivity index (χ1v) is 4.77. The smallest absolute Gasteiger partial charge is 0.211 e. The number of isocyanates is 2. The van der Waals surface area contributed by atoms with Crippen molar-refractivity contribution in [2.24, 2.45) is 15.9 Å². The Morgan fingerprint density at radius 3 is 1.93 bits per heavy atom. The van der Waals surface area contributed by atoms with Crippen molar-refractivity contribution < 1.29 is 9.59 Å². The number of hydrogen-bond acceptors (Lipinski definition) is 4. The Labute approximate surface area is 84.1 Å². The maximum Gasteiger partial charge on any atom is 0.235 e. The number of rotatable bonds is 1. The average molecular weight is 196 g/mol. The summed E-state index contributed by atoms with van der Waals surface area (Å²) in [6, 6.07) is 0.286. The Balaban J connectivity index is 0.000000364. The van der Waals surface area contributed by atoms with Crippen LogP contribution in [0.2, 0.25) is 0 Å². The second-order valence-electron chi connectivity index (χ2n) is 3.45. The molecule has 4 heteroatoms. The largest absolute Gasteiger partial charge is 0.235 e. The summed E-state index contributed by atoms with van der Waals surface area (Å²) in [6.07, 6.45) is 7.53. The summed E-state index contributed by atoms with van der Waals surface area (Å²) >= 11 is 0. The first-order valence-electron chi connectivity index (χ1n) is 4.77. The molecule has 4 nitrogen and oxygen atoms in total. The fourth-order valence-corrected chi connectivity index (χ4v) is 1.45. The molecule has 1 fully saturated rings. The van der Waals surface area contributed by atoms with Crippen molar-refractivity contribution in [2.75, 3.05) is 7.05 Å². The maximum atomic E-state index is 9.86. The molecule has 0 spiro atoms. The van der Waals surface area contributed by atoms with E-state index in [1.807, 2.05) is 0 Å². The van der Waals surface area contributed by atoms with Crippen LogP contribution in [0.15, 0.2) is 9.98 Å². The van der Waals surface area contributed by atoms with E-state index >= 15 is 0 Å². The molecule has 1 aliphatic rings. The molecule has 0 unspecified atom stereocenters. The molecule has 0 heterocycles. The van der Waals surface area contributed by atoms with E-state index in [0.717, 1.165) is 18.8 Å². The first kappa shape index (κ1) is 12.8. The van der Waals surface area contributed by atoms with Crippen LogP contribution in [0.1, 0.15) is 32.6 Å². The van der Waals surface area contributed by atoms with Gasteiger partial charge in [0.25, 0.3) is 0 Å². The van der Waals surface area contributed by atoms with Crippen LogP contribution in [0, 0.1) is 5.92 Å². The van der Waals surface area contributed by atoms with Gasteiger partial charge in [-0.15, -0.1) is 0 Å². The van der Waals surface area contributed by atoms with Crippen LogP contribution < -0.4 is 0 Å². The van der Waals surface area contributed by atoms with Crippen LogP contribution in [0.25, 0.3) is 0 Å². The molecule has 0 bridgehead atoms. The Kier molecular flexibility index (Phi) is 7.62. The van der Waals surface area contributed by atoms with Gasteiger partial charge in [-0.05, 0) is 31.6 Å². The zero-order valence-corrected chi connectivity index (χ0v) is 8.69. The average Bonchev–Trinajstić information content (AvgIpc) is 2.22. The summed E-state index contributed by atoms with van der Waals surface area (Å²) in [4.78, 5) is 25.4. The molecule has 0 aromatic heterocycles. The standard InChI is InChI=1S/C8H13NO.C2H3NO/c1-7-2-4-8(5-3-7)9-6-10;1-3-2-4/h7-8H,2-5H2,1H3;1H3. The highest BCUT2D eigenvalue weighted by atomic mass is 16.1. The molecule has 0 atom stereocenters. The summed E-state index contributed by atoms with van der Waals surface area (Å²) in [5.74, 6) is 0.832. The molecule has 0 N–H and O–H groups in total. The van der Waals surface area contributed by atoms with E-state index in [1.165, 1.54) is 26.0 Å². The summed E-state index contributed by atoms with van der Waals surface area (Å²) < 4.78 is 0. The molecule has 1 rings (SSSR count). The lowest BCUT2D eigenvalue weighted by Crippen LogP contribution is -2.14. The molecule has 0 radical (unpaired) electrons. The van der Waals surface area contributed by atoms with E-state index in [1.54, 1.807) is 6.08 Å². The molecule has 78 valence electrons. The van der Waals surface area contributed by atoms with Crippen molar-refractivity contribution in [1.29, 1.82) is 0 Å². The van der Waals surface area contributed by atoms with Gasteiger partial charge in [-0.1, -0.05) is 6.92 Å². The Morgan fingerprint density at radius 1 is 1.07 bits per heavy atom. The third-order valence-corrected chi connectivity index (χ3v) is 2.31. The predicted octanol–water partition coefficient (Wildman–Crippen LogP) is 1.85. The van der Waals surface area contributed by atoms with Crippen LogP contribution >= 0.6 is 0 Å². The number of aliphatic imine (C=N–C) groups is 2. The van der Waals surface area contributed by atoms with E-state index in [2.05, 4.69) is 16.9 Å². The normalized spacial score (nSPS) is 24.7. The van der Waals surface area contributed by atoms with Gasteiger partial charge in [-0.2, -0.15) is 0 Å². The quantitative estimate of drug-likeness (QED) is 0.474. The van der Waals surface area contributed by atoms with Crippen molar-refractivity contribution in [1.82, 2.24) is 0 Å². The molecule has 14 heavy (non-hydrogen) atoms. The van der Waals surface area contributed by atoms with Crippen molar-refractivity contribution >= 4 is 12.2 Å². The van der Waals surface area contributed by atoms with Crippen molar-refractivity contribution in [3.8, 4) is 0 Å². The Bertz CT molecular complexity index is 233. The fraction of sp³-hybridized carbons (Fsp3) is 0.800. The molecule has 0 aliphatic heterocycles. The van der Waals surface area contributed by atoms with Crippen LogP contribution in [0.3, 0.4) is 0 Å². The van der Waals surface area contributed by atoms with Gasteiger partial charge in [-0.3, -0.25) is 0 Å². The highest BCUT2D eigenvalue weighted by Gasteiger charge is 2.16. The minimum absolute atomic E-state index is 0.286. The van der Waals surface area contributed by atoms with Gasteiger partial charge in [-0.25, -0.2) is 19.6 Å². The van der Waals surface area contributed by atoms with Gasteiger partial charge in [0, 0.05) is 7.05 Å². The van der Waals surface area contributed by atoms with Gasteiger partial charge in [0.05, 0.1) is 6.04 Å². The molecule has 0 aromatic rings. The van der Waals surface area contributed by atoms with Gasteiger partial charge < -0.3 is 0 Å². The van der Waals surface area contributed by atoms with Crippen molar-refractivity contribution in [3.05, 3.63) is 0 Å². The summed E-state index contributed by atoms with van der Waals surface area (Å²) in [6.45, 7) is 2.25. The third-order valence-electron chi connectivity index (χ3n) is 2.31. The lowest BCUT2D eigenvalue weighted by molar-refractivity contribution is 0.348. The molecule has 0 aromatic carbocycles. The minimum atomic E-state index is 0.286. The van der Waals surface area contributed by atoms with Crippen LogP contribution in [-0.2, 0) is 9.59 Å². The van der Waals surface area contributed by atoms with E-state index in [-0.39, 0.29) is 6.04 Å². The first-order chi connectivity index (χ1) is 6.74. The van der Waals surface area contributed by atoms with Gasteiger partial charge >= 0.3 is 0 Å². The lowest BCUT2D eigenvalue weighted by atomic mass is 9.88. The van der Waals surface area contributed by atoms with Crippen molar-refractivity contribution in [3.63, 3.8) is 0 Å². The predicted molar refractivity (Wildman–Crippen MR) is 53.6 cm³/mol. The monoisotopic (exact) mass is 196 g/mol. The van der Waals surface area contributed by atoms with Gasteiger partial charge in [0.15, 0.2) is 0 Å². The highest BCUT2D eigenvalue weighted by Crippen LogP contribution is 2.24. The Hall–Kier alpha value is -1.24. The van der Waals surface area contributed by atoms with Crippen LogP contribution in [-0.4, -0.2) is 25.2 Å². The fourth-order valence-electron chi connectivity index (χ4n) is 1.45. The van der Waals surface area contributed by atoms with E-state index in [4.69, 9.17) is 4.79 Å². The molecule has 0 saturated heterocycles. The zero-order chi connectivity index (χ0) is 10.8. The van der Waals surface area contributed by atoms with E-state index in [9.17, 15) is 4.79 Å². The zero-order valence-electron chi connectivity index (χ0n) is 8.69. The molecular formula is C10H16N2O2. The molecule has 1 aliphatic carbocycles. The number of carbonyl (C=O) groups excluding carboxylic acids is 2. The van der Waals surface area contributed by atoms with Crippen LogP contribution in [0.5, 0.6) is 0 Å². The van der Waals surface area contributed by atoms with Crippen molar-refractivity contribution in [2.45, 2.75) is 38.6 Å². The summed E-state index contributed by atoms with van der Waals surface area (Å²) in [5.41, 5.74) is 0. The third kappa shape index (κ3) is 6.30.